The molecule has 0 aromatic carbocycles. The van der Waals surface area contributed by atoms with Gasteiger partial charge in [0.2, 0.25) is 0 Å². The molecule has 1 amide bonds. The molecule has 2 aliphatic rings. The number of hydrogen-bond donors (Lipinski definition) is 0. The Hall–Kier alpha value is -1.95. The molecular weight excluding hydrogens is 316 g/mol. The molecule has 134 valence electrons. The van der Waals surface area contributed by atoms with Gasteiger partial charge < -0.3 is 9.64 Å². The van der Waals surface area contributed by atoms with Gasteiger partial charge in [-0.15, -0.1) is 0 Å². The maximum Gasteiger partial charge on any atom is 0.259 e. The van der Waals surface area contributed by atoms with Crippen LogP contribution in [-0.2, 0) is 4.74 Å². The Labute approximate surface area is 148 Å². The first kappa shape index (κ1) is 16.5. The van der Waals surface area contributed by atoms with Crippen molar-refractivity contribution in [2.24, 2.45) is 5.41 Å². The maximum atomic E-state index is 13.2. The van der Waals surface area contributed by atoms with Crippen LogP contribution in [0.5, 0.6) is 0 Å². The minimum atomic E-state index is 0.0133. The number of carbonyl (C=O) groups is 1. The normalized spacial score (nSPS) is 24.6. The molecule has 0 unspecified atom stereocenters. The van der Waals surface area contributed by atoms with Crippen molar-refractivity contribution in [3.63, 3.8) is 0 Å². The first-order valence-corrected chi connectivity index (χ1v) is 9.26. The highest BCUT2D eigenvalue weighted by molar-refractivity contribution is 5.99. The van der Waals surface area contributed by atoms with Crippen LogP contribution in [0.1, 0.15) is 55.1 Å². The van der Waals surface area contributed by atoms with E-state index in [1.807, 2.05) is 31.1 Å². The Morgan fingerprint density at radius 2 is 2.20 bits per heavy atom. The lowest BCUT2D eigenvalue weighted by Gasteiger charge is -2.56. The van der Waals surface area contributed by atoms with Crippen LogP contribution in [-0.4, -0.2) is 51.2 Å². The highest BCUT2D eigenvalue weighted by Gasteiger charge is 2.58. The summed E-state index contributed by atoms with van der Waals surface area (Å²) in [5, 5.41) is 4.28. The van der Waals surface area contributed by atoms with E-state index in [1.54, 1.807) is 10.7 Å². The zero-order valence-electron chi connectivity index (χ0n) is 15.2. The number of ether oxygens (including phenoxy) is 1. The zero-order chi connectivity index (χ0) is 17.6. The fourth-order valence-corrected chi connectivity index (χ4v) is 4.84. The monoisotopic (exact) mass is 342 g/mol. The molecular formula is C19H26N4O2. The SMILES string of the molecule is CCO[C@H]1C[C@H](N(C)C(=O)c2cnn3ccc(C)nc23)C12CCCC2. The molecule has 2 saturated carbocycles. The van der Waals surface area contributed by atoms with Gasteiger partial charge in [0.25, 0.3) is 5.91 Å². The minimum absolute atomic E-state index is 0.0133. The van der Waals surface area contributed by atoms with Gasteiger partial charge in [0.15, 0.2) is 5.65 Å². The molecule has 2 atom stereocenters. The third kappa shape index (κ3) is 2.46. The maximum absolute atomic E-state index is 13.2. The van der Waals surface area contributed by atoms with E-state index in [2.05, 4.69) is 17.0 Å². The second-order valence-electron chi connectivity index (χ2n) is 7.45. The summed E-state index contributed by atoms with van der Waals surface area (Å²) in [4.78, 5) is 19.6. The largest absolute Gasteiger partial charge is 0.378 e. The van der Waals surface area contributed by atoms with Crippen LogP contribution in [0.4, 0.5) is 0 Å². The van der Waals surface area contributed by atoms with Crippen LogP contribution >= 0.6 is 0 Å². The predicted octanol–water partition coefficient (Wildman–Crippen LogP) is 2.85. The number of hydrogen-bond acceptors (Lipinski definition) is 4. The van der Waals surface area contributed by atoms with Crippen molar-refractivity contribution in [3.05, 3.63) is 29.7 Å². The molecule has 1 spiro atoms. The molecule has 0 bridgehead atoms. The summed E-state index contributed by atoms with van der Waals surface area (Å²) in [6.45, 7) is 4.73. The average Bonchev–Trinajstić information content (AvgIpc) is 3.25. The van der Waals surface area contributed by atoms with E-state index in [1.165, 1.54) is 12.8 Å². The lowest BCUT2D eigenvalue weighted by Crippen LogP contribution is -2.64. The summed E-state index contributed by atoms with van der Waals surface area (Å²) in [6.07, 6.45) is 9.51. The van der Waals surface area contributed by atoms with Gasteiger partial charge in [-0.2, -0.15) is 5.10 Å². The van der Waals surface area contributed by atoms with Crippen molar-refractivity contribution in [1.82, 2.24) is 19.5 Å². The van der Waals surface area contributed by atoms with E-state index in [0.29, 0.717) is 17.3 Å². The second-order valence-corrected chi connectivity index (χ2v) is 7.45. The molecule has 0 aliphatic heterocycles. The number of nitrogens with zero attached hydrogens (tertiary/aromatic N) is 4. The standard InChI is InChI=1S/C19H26N4O2/c1-4-25-16-11-15(19(16)8-5-6-9-19)22(3)18(24)14-12-20-23-10-7-13(2)21-17(14)23/h7,10,12,15-16H,4-6,8-9,11H2,1-3H3/t15-,16-/m0/s1. The Morgan fingerprint density at radius 1 is 1.44 bits per heavy atom. The Kier molecular flexibility index (Phi) is 4.02. The van der Waals surface area contributed by atoms with Gasteiger partial charge in [-0.05, 0) is 39.2 Å². The van der Waals surface area contributed by atoms with Gasteiger partial charge in [-0.3, -0.25) is 4.79 Å². The molecule has 0 radical (unpaired) electrons. The first-order chi connectivity index (χ1) is 12.1. The molecule has 2 aliphatic carbocycles. The smallest absolute Gasteiger partial charge is 0.259 e. The van der Waals surface area contributed by atoms with Crippen molar-refractivity contribution < 1.29 is 9.53 Å². The van der Waals surface area contributed by atoms with Crippen molar-refractivity contribution >= 4 is 11.6 Å². The van der Waals surface area contributed by atoms with Crippen LogP contribution in [0, 0.1) is 12.3 Å². The number of amides is 1. The summed E-state index contributed by atoms with van der Waals surface area (Å²) in [6, 6.07) is 2.14. The minimum Gasteiger partial charge on any atom is -0.378 e. The quantitative estimate of drug-likeness (QED) is 0.857. The van der Waals surface area contributed by atoms with Crippen molar-refractivity contribution in [3.8, 4) is 0 Å². The third-order valence-electron chi connectivity index (χ3n) is 6.17. The summed E-state index contributed by atoms with van der Waals surface area (Å²) in [5.41, 5.74) is 2.25. The molecule has 6 heteroatoms. The van der Waals surface area contributed by atoms with Gasteiger partial charge in [0.1, 0.15) is 5.56 Å². The van der Waals surface area contributed by atoms with E-state index >= 15 is 0 Å². The van der Waals surface area contributed by atoms with E-state index in [-0.39, 0.29) is 17.4 Å². The number of fused-ring (bicyclic) bond motifs is 1. The van der Waals surface area contributed by atoms with E-state index in [9.17, 15) is 4.79 Å². The summed E-state index contributed by atoms with van der Waals surface area (Å²) in [5.74, 6) is 0.0133. The van der Waals surface area contributed by atoms with Crippen LogP contribution in [0.2, 0.25) is 0 Å². The number of carbonyl (C=O) groups excluding carboxylic acids is 1. The molecule has 2 aromatic heterocycles. The number of rotatable bonds is 4. The van der Waals surface area contributed by atoms with Gasteiger partial charge in [0.05, 0.1) is 12.3 Å². The van der Waals surface area contributed by atoms with Crippen molar-refractivity contribution in [1.29, 1.82) is 0 Å². The van der Waals surface area contributed by atoms with Gasteiger partial charge in [-0.1, -0.05) is 12.8 Å². The lowest BCUT2D eigenvalue weighted by molar-refractivity contribution is -0.152. The summed E-state index contributed by atoms with van der Waals surface area (Å²) < 4.78 is 7.66. The van der Waals surface area contributed by atoms with Crippen LogP contribution in [0.25, 0.3) is 5.65 Å². The number of aryl methyl sites for hydroxylation is 1. The second kappa shape index (κ2) is 6.09. The molecule has 0 N–H and O–H groups in total. The Bertz CT molecular complexity index is 794. The average molecular weight is 342 g/mol. The number of aromatic nitrogens is 3. The molecule has 4 rings (SSSR count). The van der Waals surface area contributed by atoms with Crippen LogP contribution in [0.15, 0.2) is 18.5 Å². The Morgan fingerprint density at radius 3 is 2.92 bits per heavy atom. The molecule has 6 nitrogen and oxygen atoms in total. The van der Waals surface area contributed by atoms with Gasteiger partial charge >= 0.3 is 0 Å². The Balaban J connectivity index is 1.61. The molecule has 25 heavy (non-hydrogen) atoms. The first-order valence-electron chi connectivity index (χ1n) is 9.26. The molecule has 2 fully saturated rings. The van der Waals surface area contributed by atoms with Crippen molar-refractivity contribution in [2.45, 2.75) is 58.1 Å². The van der Waals surface area contributed by atoms with Gasteiger partial charge in [0, 0.05) is 37.0 Å². The fourth-order valence-electron chi connectivity index (χ4n) is 4.84. The lowest BCUT2D eigenvalue weighted by atomic mass is 9.60. The highest BCUT2D eigenvalue weighted by atomic mass is 16.5. The molecule has 2 aromatic rings. The van der Waals surface area contributed by atoms with E-state index < -0.39 is 0 Å². The molecule has 0 saturated heterocycles. The van der Waals surface area contributed by atoms with E-state index in [4.69, 9.17) is 4.74 Å². The van der Waals surface area contributed by atoms with Crippen LogP contribution in [0.3, 0.4) is 0 Å². The summed E-state index contributed by atoms with van der Waals surface area (Å²) in [7, 11) is 1.93. The topological polar surface area (TPSA) is 59.7 Å². The van der Waals surface area contributed by atoms with Crippen LogP contribution < -0.4 is 0 Å². The van der Waals surface area contributed by atoms with Gasteiger partial charge in [-0.25, -0.2) is 9.50 Å². The zero-order valence-corrected chi connectivity index (χ0v) is 15.2. The van der Waals surface area contributed by atoms with E-state index in [0.717, 1.165) is 31.6 Å². The third-order valence-corrected chi connectivity index (χ3v) is 6.17. The predicted molar refractivity (Wildman–Crippen MR) is 94.5 cm³/mol. The summed E-state index contributed by atoms with van der Waals surface area (Å²) >= 11 is 0. The molecule has 2 heterocycles. The van der Waals surface area contributed by atoms with Crippen molar-refractivity contribution in [2.75, 3.05) is 13.7 Å². The highest BCUT2D eigenvalue weighted by Crippen LogP contribution is 2.56. The fraction of sp³-hybridized carbons (Fsp3) is 0.632.